The third-order valence-electron chi connectivity index (χ3n) is 3.34. The van der Waals surface area contributed by atoms with E-state index in [9.17, 15) is 4.79 Å². The van der Waals surface area contributed by atoms with E-state index in [-0.39, 0.29) is 5.97 Å². The molecule has 110 valence electrons. The van der Waals surface area contributed by atoms with Crippen molar-refractivity contribution < 1.29 is 14.3 Å². The standard InChI is InChI=1S/C15H20ClNO3/c1-3-20-15(18)14(17-9-10-4-5-10)11-6-7-13(19-2)12(16)8-11/h6-8,10,14,17H,3-5,9H2,1-2H3. The first-order valence-electron chi connectivity index (χ1n) is 6.89. The average molecular weight is 298 g/mol. The second-order valence-corrected chi connectivity index (χ2v) is 5.34. The summed E-state index contributed by atoms with van der Waals surface area (Å²) < 4.78 is 10.3. The Morgan fingerprint density at radius 1 is 1.50 bits per heavy atom. The number of rotatable bonds is 7. The predicted molar refractivity (Wildman–Crippen MR) is 78.1 cm³/mol. The Hall–Kier alpha value is -1.26. The molecule has 0 heterocycles. The quantitative estimate of drug-likeness (QED) is 0.786. The van der Waals surface area contributed by atoms with Gasteiger partial charge >= 0.3 is 5.97 Å². The van der Waals surface area contributed by atoms with Gasteiger partial charge in [0.1, 0.15) is 11.8 Å². The molecule has 1 N–H and O–H groups in total. The lowest BCUT2D eigenvalue weighted by Gasteiger charge is -2.18. The highest BCUT2D eigenvalue weighted by Crippen LogP contribution is 2.31. The molecule has 1 aromatic carbocycles. The van der Waals surface area contributed by atoms with Crippen molar-refractivity contribution in [1.29, 1.82) is 0 Å². The van der Waals surface area contributed by atoms with Gasteiger partial charge in [-0.15, -0.1) is 0 Å². The number of methoxy groups -OCH3 is 1. The van der Waals surface area contributed by atoms with Crippen LogP contribution in [0.1, 0.15) is 31.4 Å². The van der Waals surface area contributed by atoms with Crippen molar-refractivity contribution in [2.45, 2.75) is 25.8 Å². The molecule has 0 amide bonds. The number of ether oxygens (including phenoxy) is 2. The molecule has 1 saturated carbocycles. The van der Waals surface area contributed by atoms with Gasteiger partial charge in [0.05, 0.1) is 18.7 Å². The van der Waals surface area contributed by atoms with Crippen LogP contribution in [0.2, 0.25) is 5.02 Å². The molecule has 0 bridgehead atoms. The maximum absolute atomic E-state index is 12.1. The Balaban J connectivity index is 2.14. The summed E-state index contributed by atoms with van der Waals surface area (Å²) in [5.41, 5.74) is 0.801. The second-order valence-electron chi connectivity index (χ2n) is 4.93. The van der Waals surface area contributed by atoms with Gasteiger partial charge in [0.2, 0.25) is 0 Å². The minimum absolute atomic E-state index is 0.269. The van der Waals surface area contributed by atoms with E-state index in [1.54, 1.807) is 26.2 Å². The van der Waals surface area contributed by atoms with Crippen LogP contribution in [0.25, 0.3) is 0 Å². The van der Waals surface area contributed by atoms with Crippen LogP contribution in [-0.4, -0.2) is 26.2 Å². The predicted octanol–water partition coefficient (Wildman–Crippen LogP) is 2.95. The third kappa shape index (κ3) is 3.87. The Bertz CT molecular complexity index is 474. The number of halogens is 1. The van der Waals surface area contributed by atoms with E-state index in [2.05, 4.69) is 5.32 Å². The molecule has 20 heavy (non-hydrogen) atoms. The van der Waals surface area contributed by atoms with E-state index >= 15 is 0 Å². The third-order valence-corrected chi connectivity index (χ3v) is 3.63. The number of carbonyl (C=O) groups is 1. The van der Waals surface area contributed by atoms with E-state index in [0.717, 1.165) is 12.1 Å². The lowest BCUT2D eigenvalue weighted by molar-refractivity contribution is -0.145. The zero-order chi connectivity index (χ0) is 14.5. The van der Waals surface area contributed by atoms with Crippen molar-refractivity contribution in [3.05, 3.63) is 28.8 Å². The zero-order valence-corrected chi connectivity index (χ0v) is 12.6. The van der Waals surface area contributed by atoms with Crippen molar-refractivity contribution in [1.82, 2.24) is 5.32 Å². The molecular weight excluding hydrogens is 278 g/mol. The van der Waals surface area contributed by atoms with Gasteiger partial charge in [-0.25, -0.2) is 4.79 Å². The molecule has 1 atom stereocenters. The number of hydrogen-bond donors (Lipinski definition) is 1. The molecule has 1 aromatic rings. The summed E-state index contributed by atoms with van der Waals surface area (Å²) in [6.07, 6.45) is 2.46. The zero-order valence-electron chi connectivity index (χ0n) is 11.8. The van der Waals surface area contributed by atoms with Crippen molar-refractivity contribution in [2.24, 2.45) is 5.92 Å². The SMILES string of the molecule is CCOC(=O)C(NCC1CC1)c1ccc(OC)c(Cl)c1. The monoisotopic (exact) mass is 297 g/mol. The summed E-state index contributed by atoms with van der Waals surface area (Å²) >= 11 is 6.13. The Labute approximate surface area is 124 Å². The highest BCUT2D eigenvalue weighted by molar-refractivity contribution is 6.32. The molecule has 4 nitrogen and oxygen atoms in total. The molecule has 1 unspecified atom stereocenters. The van der Waals surface area contributed by atoms with Crippen molar-refractivity contribution in [3.8, 4) is 5.75 Å². The van der Waals surface area contributed by atoms with Gasteiger partial charge in [-0.3, -0.25) is 0 Å². The molecule has 0 saturated heterocycles. The maximum atomic E-state index is 12.1. The molecule has 1 fully saturated rings. The number of nitrogens with one attached hydrogen (secondary N) is 1. The van der Waals surface area contributed by atoms with E-state index in [0.29, 0.717) is 23.3 Å². The molecule has 2 rings (SSSR count). The Kier molecular flexibility index (Phi) is 5.26. The number of hydrogen-bond acceptors (Lipinski definition) is 4. The molecular formula is C15H20ClNO3. The number of carbonyl (C=O) groups excluding carboxylic acids is 1. The molecule has 1 aliphatic carbocycles. The van der Waals surface area contributed by atoms with Crippen LogP contribution in [0, 0.1) is 5.92 Å². The smallest absolute Gasteiger partial charge is 0.327 e. The Morgan fingerprint density at radius 3 is 2.80 bits per heavy atom. The lowest BCUT2D eigenvalue weighted by atomic mass is 10.1. The van der Waals surface area contributed by atoms with Crippen LogP contribution in [0.4, 0.5) is 0 Å². The van der Waals surface area contributed by atoms with Crippen LogP contribution in [0.3, 0.4) is 0 Å². The number of esters is 1. The fourth-order valence-corrected chi connectivity index (χ4v) is 2.30. The summed E-state index contributed by atoms with van der Waals surface area (Å²) in [7, 11) is 1.56. The van der Waals surface area contributed by atoms with Gasteiger partial charge in [-0.2, -0.15) is 0 Å². The largest absolute Gasteiger partial charge is 0.495 e. The first-order valence-corrected chi connectivity index (χ1v) is 7.27. The molecule has 0 radical (unpaired) electrons. The van der Waals surface area contributed by atoms with E-state index in [1.807, 2.05) is 6.07 Å². The van der Waals surface area contributed by atoms with Crippen molar-refractivity contribution >= 4 is 17.6 Å². The fourth-order valence-electron chi connectivity index (χ4n) is 2.03. The average Bonchev–Trinajstić information content (AvgIpc) is 3.23. The van der Waals surface area contributed by atoms with E-state index in [4.69, 9.17) is 21.1 Å². The van der Waals surface area contributed by atoms with Gasteiger partial charge in [0.15, 0.2) is 0 Å². The van der Waals surface area contributed by atoms with Gasteiger partial charge in [0, 0.05) is 0 Å². The molecule has 1 aliphatic rings. The van der Waals surface area contributed by atoms with Crippen LogP contribution in [-0.2, 0) is 9.53 Å². The van der Waals surface area contributed by atoms with Gasteiger partial charge in [0.25, 0.3) is 0 Å². The minimum atomic E-state index is -0.473. The van der Waals surface area contributed by atoms with E-state index < -0.39 is 6.04 Å². The van der Waals surface area contributed by atoms with Gasteiger partial charge in [-0.05, 0) is 49.9 Å². The molecule has 5 heteroatoms. The van der Waals surface area contributed by atoms with Crippen LogP contribution >= 0.6 is 11.6 Å². The lowest BCUT2D eigenvalue weighted by Crippen LogP contribution is -2.31. The summed E-state index contributed by atoms with van der Waals surface area (Å²) in [6, 6.07) is 4.88. The van der Waals surface area contributed by atoms with E-state index in [1.165, 1.54) is 12.8 Å². The maximum Gasteiger partial charge on any atom is 0.327 e. The van der Waals surface area contributed by atoms with Crippen LogP contribution in [0.5, 0.6) is 5.75 Å². The minimum Gasteiger partial charge on any atom is -0.495 e. The fraction of sp³-hybridized carbons (Fsp3) is 0.533. The highest BCUT2D eigenvalue weighted by Gasteiger charge is 2.27. The summed E-state index contributed by atoms with van der Waals surface area (Å²) in [5.74, 6) is 1.01. The second kappa shape index (κ2) is 6.95. The first kappa shape index (κ1) is 15.1. The normalized spacial score (nSPS) is 15.8. The van der Waals surface area contributed by atoms with Gasteiger partial charge in [-0.1, -0.05) is 17.7 Å². The van der Waals surface area contributed by atoms with Gasteiger partial charge < -0.3 is 14.8 Å². The molecule has 0 spiro atoms. The van der Waals surface area contributed by atoms with Crippen LogP contribution < -0.4 is 10.1 Å². The summed E-state index contributed by atoms with van der Waals surface area (Å²) in [5, 5.41) is 3.77. The van der Waals surface area contributed by atoms with Crippen LogP contribution in [0.15, 0.2) is 18.2 Å². The topological polar surface area (TPSA) is 47.6 Å². The Morgan fingerprint density at radius 2 is 2.25 bits per heavy atom. The number of benzene rings is 1. The first-order chi connectivity index (χ1) is 9.65. The van der Waals surface area contributed by atoms with Crippen molar-refractivity contribution in [2.75, 3.05) is 20.3 Å². The summed E-state index contributed by atoms with van der Waals surface area (Å²) in [4.78, 5) is 12.1. The molecule has 0 aromatic heterocycles. The van der Waals surface area contributed by atoms with Crippen molar-refractivity contribution in [3.63, 3.8) is 0 Å². The highest BCUT2D eigenvalue weighted by atomic mass is 35.5. The summed E-state index contributed by atoms with van der Waals surface area (Å²) in [6.45, 7) is 2.99. The molecule has 0 aliphatic heterocycles.